The van der Waals surface area contributed by atoms with E-state index in [0.717, 1.165) is 10.0 Å². The smallest absolute Gasteiger partial charge is 0.295 e. The summed E-state index contributed by atoms with van der Waals surface area (Å²) >= 11 is 3.46. The molecule has 30 heavy (non-hydrogen) atoms. The number of hydrogen-bond acceptors (Lipinski definition) is 5. The van der Waals surface area contributed by atoms with Crippen LogP contribution in [0.25, 0.3) is 5.76 Å². The van der Waals surface area contributed by atoms with Crippen molar-refractivity contribution in [2.24, 2.45) is 0 Å². The minimum atomic E-state index is -0.682. The van der Waals surface area contributed by atoms with Gasteiger partial charge in [-0.3, -0.25) is 9.59 Å². The van der Waals surface area contributed by atoms with E-state index in [1.54, 1.807) is 24.3 Å². The summed E-state index contributed by atoms with van der Waals surface area (Å²) < 4.78 is 6.34. The second-order valence-corrected chi connectivity index (χ2v) is 8.23. The summed E-state index contributed by atoms with van der Waals surface area (Å²) in [7, 11) is 3.81. The number of carbonyl (C=O) groups is 2. The van der Waals surface area contributed by atoms with E-state index in [0.29, 0.717) is 31.0 Å². The molecule has 1 saturated heterocycles. The SMILES string of the molecule is CCOc1cccc(C(O)=C2C(=O)C(=O)N(CCN(C)C)C2c2cccc(Br)c2)c1. The van der Waals surface area contributed by atoms with Crippen molar-refractivity contribution in [3.8, 4) is 5.75 Å². The molecule has 2 aromatic rings. The van der Waals surface area contributed by atoms with E-state index in [2.05, 4.69) is 15.9 Å². The first-order valence-corrected chi connectivity index (χ1v) is 10.5. The van der Waals surface area contributed by atoms with Crippen LogP contribution in [0, 0.1) is 0 Å². The second kappa shape index (κ2) is 9.45. The summed E-state index contributed by atoms with van der Waals surface area (Å²) in [4.78, 5) is 29.3. The molecule has 158 valence electrons. The molecule has 2 aromatic carbocycles. The van der Waals surface area contributed by atoms with Crippen molar-refractivity contribution < 1.29 is 19.4 Å². The molecule has 0 aromatic heterocycles. The van der Waals surface area contributed by atoms with Gasteiger partial charge < -0.3 is 19.6 Å². The Bertz CT molecular complexity index is 987. The Labute approximate surface area is 184 Å². The lowest BCUT2D eigenvalue weighted by molar-refractivity contribution is -0.140. The molecule has 0 radical (unpaired) electrons. The van der Waals surface area contributed by atoms with Crippen molar-refractivity contribution in [2.45, 2.75) is 13.0 Å². The lowest BCUT2D eigenvalue weighted by Crippen LogP contribution is -2.35. The van der Waals surface area contributed by atoms with Crippen LogP contribution in [0.2, 0.25) is 0 Å². The minimum Gasteiger partial charge on any atom is -0.507 e. The lowest BCUT2D eigenvalue weighted by Gasteiger charge is -2.26. The van der Waals surface area contributed by atoms with E-state index >= 15 is 0 Å². The van der Waals surface area contributed by atoms with Gasteiger partial charge in [0.2, 0.25) is 0 Å². The average Bonchev–Trinajstić information content (AvgIpc) is 2.97. The molecular formula is C23H25BrN2O4. The molecule has 0 spiro atoms. The fraction of sp³-hybridized carbons (Fsp3) is 0.304. The molecule has 0 bridgehead atoms. The highest BCUT2D eigenvalue weighted by Crippen LogP contribution is 2.40. The van der Waals surface area contributed by atoms with E-state index in [1.807, 2.05) is 50.2 Å². The van der Waals surface area contributed by atoms with Crippen LogP contribution in [-0.2, 0) is 9.59 Å². The van der Waals surface area contributed by atoms with Gasteiger partial charge in [-0.15, -0.1) is 0 Å². The van der Waals surface area contributed by atoms with Gasteiger partial charge in [-0.1, -0.05) is 40.2 Å². The van der Waals surface area contributed by atoms with Crippen molar-refractivity contribution in [3.63, 3.8) is 0 Å². The maximum Gasteiger partial charge on any atom is 0.295 e. The number of aliphatic hydroxyl groups is 1. The number of carbonyl (C=O) groups excluding carboxylic acids is 2. The van der Waals surface area contributed by atoms with Gasteiger partial charge in [0.1, 0.15) is 11.5 Å². The molecule has 7 heteroatoms. The van der Waals surface area contributed by atoms with Crippen LogP contribution >= 0.6 is 15.9 Å². The number of Topliss-reactive ketones (excluding diaryl/α,β-unsaturated/α-hetero) is 1. The summed E-state index contributed by atoms with van der Waals surface area (Å²) in [5.74, 6) is -0.906. The summed E-state index contributed by atoms with van der Waals surface area (Å²) in [5, 5.41) is 11.1. The predicted octanol–water partition coefficient (Wildman–Crippen LogP) is 3.83. The molecule has 1 atom stereocenters. The fourth-order valence-electron chi connectivity index (χ4n) is 3.50. The van der Waals surface area contributed by atoms with Gasteiger partial charge in [0.05, 0.1) is 18.2 Å². The third-order valence-electron chi connectivity index (χ3n) is 4.91. The molecule has 3 rings (SSSR count). The first-order chi connectivity index (χ1) is 14.3. The molecule has 1 aliphatic heterocycles. The topological polar surface area (TPSA) is 70.1 Å². The maximum atomic E-state index is 13.0. The standard InChI is InChI=1S/C23H25BrN2O4/c1-4-30-18-10-6-8-16(14-18)21(27)19-20(15-7-5-9-17(24)13-15)26(12-11-25(2)3)23(29)22(19)28/h5-10,13-14,20,27H,4,11-12H2,1-3H3. The summed E-state index contributed by atoms with van der Waals surface area (Å²) in [6.45, 7) is 3.31. The van der Waals surface area contributed by atoms with E-state index < -0.39 is 17.7 Å². The van der Waals surface area contributed by atoms with Crippen molar-refractivity contribution in [3.05, 3.63) is 69.7 Å². The maximum absolute atomic E-state index is 13.0. The Morgan fingerprint density at radius 2 is 1.90 bits per heavy atom. The lowest BCUT2D eigenvalue weighted by atomic mass is 9.95. The number of likely N-dealkylation sites (N-methyl/N-ethyl adjacent to an activating group) is 1. The Balaban J connectivity index is 2.14. The van der Waals surface area contributed by atoms with E-state index in [4.69, 9.17) is 4.74 Å². The fourth-order valence-corrected chi connectivity index (χ4v) is 3.91. The molecular weight excluding hydrogens is 448 g/mol. The zero-order valence-electron chi connectivity index (χ0n) is 17.3. The van der Waals surface area contributed by atoms with Gasteiger partial charge in [0, 0.05) is 23.1 Å². The third-order valence-corrected chi connectivity index (χ3v) is 5.40. The first-order valence-electron chi connectivity index (χ1n) is 9.75. The van der Waals surface area contributed by atoms with Crippen molar-refractivity contribution in [1.82, 2.24) is 9.80 Å². The molecule has 1 N–H and O–H groups in total. The number of benzene rings is 2. The van der Waals surface area contributed by atoms with E-state index in [1.165, 1.54) is 4.90 Å². The predicted molar refractivity (Wildman–Crippen MR) is 119 cm³/mol. The molecule has 1 unspecified atom stereocenters. The quantitative estimate of drug-likeness (QED) is 0.376. The Morgan fingerprint density at radius 1 is 1.17 bits per heavy atom. The third kappa shape index (κ3) is 4.57. The van der Waals surface area contributed by atoms with Crippen LogP contribution < -0.4 is 4.74 Å². The summed E-state index contributed by atoms with van der Waals surface area (Å²) in [5.41, 5.74) is 1.28. The van der Waals surface area contributed by atoms with Crippen molar-refractivity contribution in [2.75, 3.05) is 33.8 Å². The van der Waals surface area contributed by atoms with Crippen LogP contribution in [0.1, 0.15) is 24.1 Å². The van der Waals surface area contributed by atoms with Gasteiger partial charge in [-0.05, 0) is 50.8 Å². The van der Waals surface area contributed by atoms with Crippen molar-refractivity contribution >= 4 is 33.4 Å². The summed E-state index contributed by atoms with van der Waals surface area (Å²) in [6, 6.07) is 13.7. The largest absolute Gasteiger partial charge is 0.507 e. The normalized spacial score (nSPS) is 18.3. The van der Waals surface area contributed by atoms with Gasteiger partial charge >= 0.3 is 0 Å². The van der Waals surface area contributed by atoms with Crippen molar-refractivity contribution in [1.29, 1.82) is 0 Å². The average molecular weight is 473 g/mol. The molecule has 1 fully saturated rings. The molecule has 0 saturated carbocycles. The highest BCUT2D eigenvalue weighted by atomic mass is 79.9. The zero-order valence-corrected chi connectivity index (χ0v) is 18.8. The highest BCUT2D eigenvalue weighted by molar-refractivity contribution is 9.10. The zero-order chi connectivity index (χ0) is 21.8. The number of rotatable bonds is 7. The van der Waals surface area contributed by atoms with E-state index in [-0.39, 0.29) is 11.3 Å². The van der Waals surface area contributed by atoms with Crippen LogP contribution in [0.15, 0.2) is 58.6 Å². The number of ketones is 1. The Hall–Kier alpha value is -2.64. The number of nitrogens with zero attached hydrogens (tertiary/aromatic N) is 2. The number of likely N-dealkylation sites (tertiary alicyclic amines) is 1. The Kier molecular flexibility index (Phi) is 6.95. The minimum absolute atomic E-state index is 0.0884. The summed E-state index contributed by atoms with van der Waals surface area (Å²) in [6.07, 6.45) is 0. The van der Waals surface area contributed by atoms with Crippen LogP contribution in [0.4, 0.5) is 0 Å². The first kappa shape index (κ1) is 22.1. The number of hydrogen-bond donors (Lipinski definition) is 1. The Morgan fingerprint density at radius 3 is 2.57 bits per heavy atom. The van der Waals surface area contributed by atoms with Gasteiger partial charge in [-0.25, -0.2) is 0 Å². The monoisotopic (exact) mass is 472 g/mol. The molecule has 1 heterocycles. The number of amides is 1. The van der Waals surface area contributed by atoms with Gasteiger partial charge in [-0.2, -0.15) is 0 Å². The molecule has 1 aliphatic rings. The van der Waals surface area contributed by atoms with E-state index in [9.17, 15) is 14.7 Å². The van der Waals surface area contributed by atoms with Crippen LogP contribution in [0.3, 0.4) is 0 Å². The number of ether oxygens (including phenoxy) is 1. The van der Waals surface area contributed by atoms with Crippen LogP contribution in [-0.4, -0.2) is 60.4 Å². The highest BCUT2D eigenvalue weighted by Gasteiger charge is 2.45. The van der Waals surface area contributed by atoms with Gasteiger partial charge in [0.15, 0.2) is 0 Å². The molecule has 6 nitrogen and oxygen atoms in total. The number of aliphatic hydroxyl groups excluding tert-OH is 1. The van der Waals surface area contributed by atoms with Gasteiger partial charge in [0.25, 0.3) is 11.7 Å². The molecule has 0 aliphatic carbocycles. The van der Waals surface area contributed by atoms with Crippen LogP contribution in [0.5, 0.6) is 5.75 Å². The molecule has 1 amide bonds. The second-order valence-electron chi connectivity index (χ2n) is 7.31. The number of halogens is 1.